The molecular formula is C17H17LiN2O3S. The number of para-hydroxylation sites is 1. The summed E-state index contributed by atoms with van der Waals surface area (Å²) in [6.45, 7) is 1.85. The van der Waals surface area contributed by atoms with Crippen molar-refractivity contribution in [3.8, 4) is 5.75 Å². The van der Waals surface area contributed by atoms with E-state index in [1.54, 1.807) is 26.2 Å². The van der Waals surface area contributed by atoms with Gasteiger partial charge in [-0.1, -0.05) is 18.2 Å². The number of carbonyl (C=O) groups is 1. The van der Waals surface area contributed by atoms with E-state index < -0.39 is 11.5 Å². The van der Waals surface area contributed by atoms with E-state index in [9.17, 15) is 14.7 Å². The molecule has 3 aromatic rings. The molecule has 2 heterocycles. The maximum atomic E-state index is 12.8. The molecule has 7 heteroatoms. The number of pyridine rings is 1. The van der Waals surface area contributed by atoms with E-state index in [0.29, 0.717) is 15.9 Å². The van der Waals surface area contributed by atoms with E-state index in [1.807, 2.05) is 30.5 Å². The average molecular weight is 336 g/mol. The molecule has 24 heavy (non-hydrogen) atoms. The summed E-state index contributed by atoms with van der Waals surface area (Å²) in [5.41, 5.74) is 0.799. The van der Waals surface area contributed by atoms with Crippen molar-refractivity contribution in [1.82, 2.24) is 4.57 Å². The van der Waals surface area contributed by atoms with Crippen molar-refractivity contribution >= 4 is 33.1 Å². The van der Waals surface area contributed by atoms with Crippen LogP contribution in [0.15, 0.2) is 40.5 Å². The Morgan fingerprint density at radius 3 is 2.54 bits per heavy atom. The molecule has 1 amide bonds. The van der Waals surface area contributed by atoms with Gasteiger partial charge in [0.05, 0.1) is 5.39 Å². The Morgan fingerprint density at radius 2 is 1.92 bits per heavy atom. The van der Waals surface area contributed by atoms with Gasteiger partial charge in [-0.05, 0) is 30.0 Å². The Bertz CT molecular complexity index is 969. The zero-order chi connectivity index (χ0) is 16.7. The van der Waals surface area contributed by atoms with E-state index in [2.05, 4.69) is 0 Å². The van der Waals surface area contributed by atoms with Gasteiger partial charge < -0.3 is 16.0 Å². The summed E-state index contributed by atoms with van der Waals surface area (Å²) >= 11 is 1.37. The van der Waals surface area contributed by atoms with Crippen LogP contribution in [0.1, 0.15) is 17.3 Å². The Balaban J connectivity index is 0.00000156. The third-order valence-electron chi connectivity index (χ3n) is 3.91. The molecule has 2 aromatic heterocycles. The number of thiophene rings is 1. The van der Waals surface area contributed by atoms with Crippen LogP contribution in [-0.2, 0) is 7.05 Å². The largest absolute Gasteiger partial charge is 1.00 e. The number of nitrogens with zero attached hydrogens (tertiary/aromatic N) is 2. The molecule has 5 nitrogen and oxygen atoms in total. The molecule has 1 N–H and O–H groups in total. The topological polar surface area (TPSA) is 62.5 Å². The summed E-state index contributed by atoms with van der Waals surface area (Å²) in [6.07, 6.45) is 0. The molecule has 0 saturated carbocycles. The van der Waals surface area contributed by atoms with E-state index in [1.165, 1.54) is 20.8 Å². The molecule has 0 aliphatic carbocycles. The van der Waals surface area contributed by atoms with Crippen molar-refractivity contribution in [2.45, 2.75) is 6.92 Å². The SMILES string of the molecule is Cc1csc2c1c(O)c(C(=O)N(C)c1ccccc1)c(=O)n2C.[H-].[Li+]. The number of hydrogen-bond donors (Lipinski definition) is 1. The summed E-state index contributed by atoms with van der Waals surface area (Å²) in [7, 11) is 3.20. The van der Waals surface area contributed by atoms with Gasteiger partial charge in [-0.15, -0.1) is 11.3 Å². The molecule has 0 unspecified atom stereocenters. The van der Waals surface area contributed by atoms with E-state index >= 15 is 0 Å². The number of rotatable bonds is 2. The van der Waals surface area contributed by atoms with Gasteiger partial charge in [-0.3, -0.25) is 9.59 Å². The van der Waals surface area contributed by atoms with Crippen molar-refractivity contribution in [1.29, 1.82) is 0 Å². The number of carbonyl (C=O) groups excluding carboxylic acids is 1. The van der Waals surface area contributed by atoms with E-state index in [-0.39, 0.29) is 31.6 Å². The van der Waals surface area contributed by atoms with Gasteiger partial charge >= 0.3 is 18.9 Å². The standard InChI is InChI=1S/C17H16N2O3S.Li.H/c1-10-9-23-17-12(10)14(20)13(16(22)19(17)3)15(21)18(2)11-7-5-4-6-8-11;;/h4-9,20H,1-3H3;;/q;+1;-1. The monoisotopic (exact) mass is 336 g/mol. The van der Waals surface area contributed by atoms with Crippen LogP contribution in [0.4, 0.5) is 5.69 Å². The first kappa shape index (κ1) is 18.3. The number of amides is 1. The van der Waals surface area contributed by atoms with Crippen molar-refractivity contribution in [3.63, 3.8) is 0 Å². The normalized spacial score (nSPS) is 10.5. The minimum atomic E-state index is -0.526. The van der Waals surface area contributed by atoms with Crippen molar-refractivity contribution in [2.75, 3.05) is 11.9 Å². The molecule has 0 aliphatic heterocycles. The minimum absolute atomic E-state index is 0. The molecule has 0 atom stereocenters. The number of fused-ring (bicyclic) bond motifs is 1. The predicted octanol–water partition coefficient (Wildman–Crippen LogP) is 0.00712. The zero-order valence-electron chi connectivity index (χ0n) is 15.0. The van der Waals surface area contributed by atoms with Gasteiger partial charge in [0, 0.05) is 19.8 Å². The third kappa shape index (κ3) is 2.78. The molecule has 0 aliphatic rings. The Morgan fingerprint density at radius 1 is 1.29 bits per heavy atom. The first-order valence-corrected chi connectivity index (χ1v) is 7.94. The second kappa shape index (κ2) is 6.86. The first-order chi connectivity index (χ1) is 10.9. The average Bonchev–Trinajstić information content (AvgIpc) is 2.95. The maximum absolute atomic E-state index is 12.8. The van der Waals surface area contributed by atoms with Crippen LogP contribution in [0.3, 0.4) is 0 Å². The Labute approximate surface area is 156 Å². The number of hydrogen-bond acceptors (Lipinski definition) is 4. The van der Waals surface area contributed by atoms with Crippen molar-refractivity contribution in [3.05, 3.63) is 57.2 Å². The van der Waals surface area contributed by atoms with Gasteiger partial charge in [-0.2, -0.15) is 0 Å². The van der Waals surface area contributed by atoms with Crippen molar-refractivity contribution in [2.24, 2.45) is 7.05 Å². The quantitative estimate of drug-likeness (QED) is 0.671. The molecule has 0 bridgehead atoms. The van der Waals surface area contributed by atoms with E-state index in [4.69, 9.17) is 0 Å². The van der Waals surface area contributed by atoms with Crippen molar-refractivity contribution < 1.29 is 30.2 Å². The fourth-order valence-electron chi connectivity index (χ4n) is 2.58. The number of anilines is 1. The maximum Gasteiger partial charge on any atom is 1.00 e. The molecule has 120 valence electrons. The predicted molar refractivity (Wildman–Crippen MR) is 93.8 cm³/mol. The molecule has 0 fully saturated rings. The van der Waals surface area contributed by atoms with E-state index in [0.717, 1.165) is 5.56 Å². The van der Waals surface area contributed by atoms with Gasteiger partial charge in [0.1, 0.15) is 16.1 Å². The van der Waals surface area contributed by atoms with Gasteiger partial charge in [0.15, 0.2) is 0 Å². The van der Waals surface area contributed by atoms with Crippen LogP contribution in [-0.4, -0.2) is 22.6 Å². The molecule has 1 aromatic carbocycles. The number of aromatic hydroxyl groups is 1. The smallest absolute Gasteiger partial charge is 1.00 e. The van der Waals surface area contributed by atoms with Crippen LogP contribution < -0.4 is 29.3 Å². The fourth-order valence-corrected chi connectivity index (χ4v) is 3.60. The summed E-state index contributed by atoms with van der Waals surface area (Å²) in [6, 6.07) is 9.01. The number of aromatic nitrogens is 1. The fraction of sp³-hybridized carbons (Fsp3) is 0.176. The summed E-state index contributed by atoms with van der Waals surface area (Å²) in [4.78, 5) is 27.3. The first-order valence-electron chi connectivity index (χ1n) is 7.06. The van der Waals surface area contributed by atoms with Crippen LogP contribution in [0, 0.1) is 6.92 Å². The summed E-state index contributed by atoms with van der Waals surface area (Å²) < 4.78 is 1.42. The molecular weight excluding hydrogens is 319 g/mol. The Kier molecular flexibility index (Phi) is 5.24. The zero-order valence-corrected chi connectivity index (χ0v) is 14.8. The van der Waals surface area contributed by atoms with Gasteiger partial charge in [0.25, 0.3) is 11.5 Å². The van der Waals surface area contributed by atoms with Crippen LogP contribution in [0.5, 0.6) is 5.75 Å². The molecule has 3 rings (SSSR count). The molecule has 0 saturated heterocycles. The minimum Gasteiger partial charge on any atom is -1.00 e. The molecule has 0 radical (unpaired) electrons. The van der Waals surface area contributed by atoms with Gasteiger partial charge in [0.2, 0.25) is 0 Å². The van der Waals surface area contributed by atoms with Crippen LogP contribution in [0.25, 0.3) is 10.2 Å². The second-order valence-electron chi connectivity index (χ2n) is 5.39. The number of benzene rings is 1. The Hall–Kier alpha value is -2.00. The summed E-state index contributed by atoms with van der Waals surface area (Å²) in [5, 5.41) is 13.0. The van der Waals surface area contributed by atoms with Crippen LogP contribution >= 0.6 is 11.3 Å². The third-order valence-corrected chi connectivity index (χ3v) is 5.09. The van der Waals surface area contributed by atoms with Gasteiger partial charge in [-0.25, -0.2) is 0 Å². The van der Waals surface area contributed by atoms with Crippen LogP contribution in [0.2, 0.25) is 0 Å². The number of aryl methyl sites for hydroxylation is 2. The summed E-state index contributed by atoms with van der Waals surface area (Å²) in [5.74, 6) is -0.767. The second-order valence-corrected chi connectivity index (χ2v) is 6.24. The molecule has 0 spiro atoms.